The Hall–Kier alpha value is -7.35. The number of nitrogens with zero attached hydrogens (tertiary/aromatic N) is 7. The van der Waals surface area contributed by atoms with Crippen LogP contribution in [0.1, 0.15) is 46.1 Å². The number of unbranched alkanes of at least 4 members (excludes halogenated alkanes) is 1. The van der Waals surface area contributed by atoms with Crippen LogP contribution in [0.5, 0.6) is 23.1 Å². The summed E-state index contributed by atoms with van der Waals surface area (Å²) in [5.74, 6) is -1.62. The van der Waals surface area contributed by atoms with Gasteiger partial charge in [0.15, 0.2) is 29.4 Å². The van der Waals surface area contributed by atoms with Crippen LogP contribution in [0.25, 0.3) is 11.6 Å². The van der Waals surface area contributed by atoms with Crippen molar-refractivity contribution in [2.45, 2.75) is 57.1 Å². The molecule has 2 heterocycles. The van der Waals surface area contributed by atoms with Crippen molar-refractivity contribution < 1.29 is 75.8 Å². The highest BCUT2D eigenvalue weighted by molar-refractivity contribution is 7.92. The van der Waals surface area contributed by atoms with E-state index in [1.807, 2.05) is 20.8 Å². The average Bonchev–Trinajstić information content (AvgIpc) is 3.26. The van der Waals surface area contributed by atoms with Gasteiger partial charge in [-0.2, -0.15) is 4.98 Å². The normalized spacial score (nSPS) is 11.6. The highest BCUT2D eigenvalue weighted by Gasteiger charge is 2.39. The van der Waals surface area contributed by atoms with E-state index in [1.165, 1.54) is 50.7 Å². The number of anilines is 1. The van der Waals surface area contributed by atoms with Gasteiger partial charge in [0.25, 0.3) is 26.1 Å². The van der Waals surface area contributed by atoms with Gasteiger partial charge in [-0.25, -0.2) is 37.3 Å². The molecular weight excluding hydrogens is 887 g/mol. The molecule has 0 saturated carbocycles. The summed E-state index contributed by atoms with van der Waals surface area (Å²) in [6.07, 6.45) is -1.13. The number of carbonyl (C=O) groups excluding carboxylic acids is 2. The molecule has 2 aromatic heterocycles. The summed E-state index contributed by atoms with van der Waals surface area (Å²) < 4.78 is 74.4. The van der Waals surface area contributed by atoms with Crippen LogP contribution < -0.4 is 18.5 Å². The van der Waals surface area contributed by atoms with E-state index < -0.39 is 69.4 Å². The Balaban J connectivity index is 1.77. The molecule has 0 aliphatic rings. The van der Waals surface area contributed by atoms with Crippen LogP contribution in [0, 0.1) is 20.2 Å². The molecule has 1 atom stereocenters. The lowest BCUT2D eigenvalue weighted by molar-refractivity contribution is -0.758. The summed E-state index contributed by atoms with van der Waals surface area (Å²) in [4.78, 5) is 71.8. The minimum atomic E-state index is -4.82. The molecule has 1 unspecified atom stereocenters. The lowest BCUT2D eigenvalue weighted by Crippen LogP contribution is -2.42. The van der Waals surface area contributed by atoms with Gasteiger partial charge in [-0.15, -0.1) is 20.2 Å². The molecule has 0 bridgehead atoms. The molecule has 0 aliphatic carbocycles. The molecule has 0 N–H and O–H groups in total. The molecular formula is C39H47N7O18S. The number of ether oxygens (including phenoxy) is 8. The van der Waals surface area contributed by atoms with Crippen LogP contribution in [0.15, 0.2) is 71.9 Å². The first-order valence-corrected chi connectivity index (χ1v) is 21.0. The van der Waals surface area contributed by atoms with E-state index in [0.29, 0.717) is 4.31 Å². The highest BCUT2D eigenvalue weighted by Crippen LogP contribution is 2.44. The molecule has 0 saturated heterocycles. The van der Waals surface area contributed by atoms with Crippen LogP contribution in [-0.2, 0) is 48.8 Å². The number of carbonyl (C=O) groups is 2. The Bertz CT molecular complexity index is 2300. The van der Waals surface area contributed by atoms with Gasteiger partial charge in [-0.3, -0.25) is 0 Å². The molecule has 352 valence electrons. The lowest BCUT2D eigenvalue weighted by Gasteiger charge is -2.30. The van der Waals surface area contributed by atoms with Gasteiger partial charge in [0.05, 0.1) is 38.4 Å². The van der Waals surface area contributed by atoms with Crippen molar-refractivity contribution in [3.8, 4) is 34.8 Å². The maximum atomic E-state index is 15.0. The van der Waals surface area contributed by atoms with Crippen molar-refractivity contribution in [2.75, 3.05) is 64.3 Å². The third-order valence-electron chi connectivity index (χ3n) is 8.32. The summed E-state index contributed by atoms with van der Waals surface area (Å²) in [5.41, 5.74) is 0.449. The lowest BCUT2D eigenvalue weighted by atomic mass is 9.87. The van der Waals surface area contributed by atoms with Gasteiger partial charge in [0.2, 0.25) is 11.6 Å². The van der Waals surface area contributed by atoms with Crippen LogP contribution in [0.4, 0.5) is 15.4 Å². The van der Waals surface area contributed by atoms with Gasteiger partial charge >= 0.3 is 12.3 Å². The van der Waals surface area contributed by atoms with Crippen molar-refractivity contribution in [3.63, 3.8) is 0 Å². The molecule has 0 amide bonds. The molecule has 0 aliphatic heterocycles. The van der Waals surface area contributed by atoms with Crippen LogP contribution >= 0.6 is 0 Å². The average molecular weight is 934 g/mol. The van der Waals surface area contributed by atoms with E-state index >= 15 is 8.42 Å². The van der Waals surface area contributed by atoms with E-state index in [4.69, 9.17) is 37.9 Å². The number of hydrogen-bond donors (Lipinski definition) is 0. The van der Waals surface area contributed by atoms with E-state index in [-0.39, 0.29) is 85.9 Å². The predicted octanol–water partition coefficient (Wildman–Crippen LogP) is 5.47. The molecule has 26 heteroatoms. The Kier molecular flexibility index (Phi) is 18.9. The smallest absolute Gasteiger partial charge is 0.493 e. The quantitative estimate of drug-likeness (QED) is 0.0248. The minimum absolute atomic E-state index is 0.0290. The number of aromatic nitrogens is 4. The zero-order chi connectivity index (χ0) is 47.4. The van der Waals surface area contributed by atoms with E-state index in [1.54, 1.807) is 30.3 Å². The van der Waals surface area contributed by atoms with Crippen molar-refractivity contribution in [3.05, 3.63) is 92.8 Å². The Morgan fingerprint density at radius 1 is 0.738 bits per heavy atom. The third kappa shape index (κ3) is 15.7. The molecule has 25 nitrogen and oxygen atoms in total. The number of rotatable bonds is 26. The van der Waals surface area contributed by atoms with Crippen molar-refractivity contribution in [2.24, 2.45) is 0 Å². The number of para-hydroxylation sites is 2. The first-order valence-electron chi connectivity index (χ1n) is 19.5. The Morgan fingerprint density at radius 3 is 1.98 bits per heavy atom. The Morgan fingerprint density at radius 2 is 1.34 bits per heavy atom. The van der Waals surface area contributed by atoms with E-state index in [2.05, 4.69) is 29.6 Å². The fraction of sp³-hybridized carbons (Fsp3) is 0.436. The van der Waals surface area contributed by atoms with E-state index in [0.717, 1.165) is 5.56 Å². The first-order chi connectivity index (χ1) is 31.0. The van der Waals surface area contributed by atoms with Gasteiger partial charge in [-0.1, -0.05) is 45.0 Å². The molecule has 4 aromatic rings. The number of sulfonamides is 1. The number of hydrogen-bond acceptors (Lipinski definition) is 22. The largest absolute Gasteiger partial charge is 0.510 e. The zero-order valence-corrected chi connectivity index (χ0v) is 36.7. The van der Waals surface area contributed by atoms with Crippen LogP contribution in [-0.4, -0.2) is 117 Å². The summed E-state index contributed by atoms with van der Waals surface area (Å²) in [7, 11) is -3.45. The second-order valence-electron chi connectivity index (χ2n) is 13.9. The molecule has 2 aromatic carbocycles. The first kappa shape index (κ1) is 50.3. The van der Waals surface area contributed by atoms with Crippen LogP contribution in [0.2, 0.25) is 0 Å². The number of methoxy groups -OCH3 is 1. The molecule has 65 heavy (non-hydrogen) atoms. The second-order valence-corrected chi connectivity index (χ2v) is 15.8. The topological polar surface area (TPSA) is 302 Å². The maximum absolute atomic E-state index is 15.0. The molecule has 4 rings (SSSR count). The zero-order valence-electron chi connectivity index (χ0n) is 35.9. The summed E-state index contributed by atoms with van der Waals surface area (Å²) in [6, 6.07) is 13.8. The van der Waals surface area contributed by atoms with Crippen molar-refractivity contribution in [1.29, 1.82) is 0 Å². The fourth-order valence-electron chi connectivity index (χ4n) is 5.29. The summed E-state index contributed by atoms with van der Waals surface area (Å²) in [5, 5.41) is 18.8. The monoisotopic (exact) mass is 933 g/mol. The maximum Gasteiger partial charge on any atom is 0.510 e. The van der Waals surface area contributed by atoms with Crippen molar-refractivity contribution >= 4 is 28.2 Å². The summed E-state index contributed by atoms with van der Waals surface area (Å²) in [6.45, 7) is 4.83. The molecule has 0 radical (unpaired) electrons. The van der Waals surface area contributed by atoms with Crippen LogP contribution in [0.3, 0.4) is 0 Å². The minimum Gasteiger partial charge on any atom is -0.493 e. The summed E-state index contributed by atoms with van der Waals surface area (Å²) >= 11 is 0. The van der Waals surface area contributed by atoms with Gasteiger partial charge in [0, 0.05) is 12.4 Å². The van der Waals surface area contributed by atoms with Gasteiger partial charge in [-0.05, 0) is 61.1 Å². The SMILES string of the molecule is COc1ccccc1Oc1c(OCCOC(=O)OCCOCCO[N+](=O)[O-])nc(-c2ncccn2)nc1N(C(C)OC(=O)OCCCCO[N+](=O)[O-])S(=O)(=O)c1ccc(C(C)(C)C)cc1. The second kappa shape index (κ2) is 24.5. The van der Waals surface area contributed by atoms with E-state index in [9.17, 15) is 29.8 Å². The number of benzene rings is 2. The predicted molar refractivity (Wildman–Crippen MR) is 222 cm³/mol. The standard InChI is InChI=1S/C39H47N7O18S/c1-27(63-38(48)58-19-8-9-20-61-45(49)50)44(65(53,54)29-15-13-28(14-16-29)39(2,3)4)35-32(64-31-12-7-6-11-30(31)55-5)36(43-34(42-35)33-40-17-10-18-41-33)57-24-25-60-37(47)59-23-21-56-22-26-62-46(51)52/h6-7,10-18,27H,8-9,19-26H2,1-5H3. The van der Waals surface area contributed by atoms with Crippen molar-refractivity contribution in [1.82, 2.24) is 19.9 Å². The van der Waals surface area contributed by atoms with Gasteiger partial charge < -0.3 is 47.6 Å². The highest BCUT2D eigenvalue weighted by atomic mass is 32.2. The fourth-order valence-corrected chi connectivity index (χ4v) is 6.78. The Labute approximate surface area is 372 Å². The van der Waals surface area contributed by atoms with Gasteiger partial charge in [0.1, 0.15) is 26.4 Å². The third-order valence-corrected chi connectivity index (χ3v) is 10.2. The molecule has 0 spiro atoms. The molecule has 0 fully saturated rings.